The van der Waals surface area contributed by atoms with E-state index in [9.17, 15) is 0 Å². The van der Waals surface area contributed by atoms with Gasteiger partial charge in [-0.05, 0) is 45.8 Å². The van der Waals surface area contributed by atoms with Crippen molar-refractivity contribution >= 4 is 0 Å². The first kappa shape index (κ1) is 16.2. The van der Waals surface area contributed by atoms with E-state index < -0.39 is 0 Å². The summed E-state index contributed by atoms with van der Waals surface area (Å²) in [6, 6.07) is 0.702. The highest BCUT2D eigenvalue weighted by Gasteiger charge is 2.51. The first-order valence-corrected chi connectivity index (χ1v) is 8.33. The van der Waals surface area contributed by atoms with Crippen LogP contribution in [0.3, 0.4) is 0 Å². The summed E-state index contributed by atoms with van der Waals surface area (Å²) >= 11 is 0. The Kier molecular flexibility index (Phi) is 5.46. The van der Waals surface area contributed by atoms with Crippen LogP contribution in [-0.2, 0) is 0 Å². The molecule has 2 unspecified atom stereocenters. The number of hydrogen-bond donors (Lipinski definition) is 1. The molecule has 2 aliphatic heterocycles. The Morgan fingerprint density at radius 1 is 1.25 bits per heavy atom. The summed E-state index contributed by atoms with van der Waals surface area (Å²) < 4.78 is 0. The third-order valence-corrected chi connectivity index (χ3v) is 5.20. The number of rotatable bonds is 7. The van der Waals surface area contributed by atoms with Crippen molar-refractivity contribution in [3.05, 3.63) is 0 Å². The van der Waals surface area contributed by atoms with Crippen LogP contribution in [0.5, 0.6) is 0 Å². The maximum atomic E-state index is 6.33. The highest BCUT2D eigenvalue weighted by atomic mass is 15.3. The van der Waals surface area contributed by atoms with Gasteiger partial charge in [0.15, 0.2) is 0 Å². The molecule has 0 amide bonds. The minimum Gasteiger partial charge on any atom is -0.329 e. The zero-order valence-corrected chi connectivity index (χ0v) is 13.9. The maximum Gasteiger partial charge on any atom is 0.0499 e. The average molecular weight is 282 g/mol. The fourth-order valence-corrected chi connectivity index (χ4v) is 4.20. The third-order valence-electron chi connectivity index (χ3n) is 5.20. The third kappa shape index (κ3) is 3.19. The lowest BCUT2D eigenvalue weighted by Gasteiger charge is -2.46. The second kappa shape index (κ2) is 6.73. The predicted molar refractivity (Wildman–Crippen MR) is 86.0 cm³/mol. The molecule has 0 saturated carbocycles. The zero-order valence-electron chi connectivity index (χ0n) is 13.9. The van der Waals surface area contributed by atoms with Crippen LogP contribution in [0.2, 0.25) is 0 Å². The van der Waals surface area contributed by atoms with Crippen LogP contribution < -0.4 is 5.73 Å². The van der Waals surface area contributed by atoms with E-state index in [0.717, 1.165) is 19.6 Å². The van der Waals surface area contributed by atoms with Crippen molar-refractivity contribution in [3.63, 3.8) is 0 Å². The monoisotopic (exact) mass is 282 g/mol. The van der Waals surface area contributed by atoms with Gasteiger partial charge in [0.1, 0.15) is 0 Å². The fraction of sp³-hybridized carbons (Fsp3) is 1.00. The Hall–Kier alpha value is -0.160. The standard InChI is InChI=1S/C16H34N4/c1-14(2)12-20(11-10-18(3)4)16(13-17)7-9-19-8-5-6-15(16)19/h14-15H,5-13,17H2,1-4H3. The Morgan fingerprint density at radius 2 is 2.00 bits per heavy atom. The largest absolute Gasteiger partial charge is 0.329 e. The molecule has 2 N–H and O–H groups in total. The Morgan fingerprint density at radius 3 is 2.60 bits per heavy atom. The van der Waals surface area contributed by atoms with Gasteiger partial charge in [-0.1, -0.05) is 13.8 Å². The molecule has 2 fully saturated rings. The van der Waals surface area contributed by atoms with E-state index in [-0.39, 0.29) is 5.54 Å². The van der Waals surface area contributed by atoms with E-state index in [0.29, 0.717) is 12.0 Å². The molecule has 0 aliphatic carbocycles. The molecular weight excluding hydrogens is 248 g/mol. The van der Waals surface area contributed by atoms with E-state index in [4.69, 9.17) is 5.73 Å². The summed E-state index contributed by atoms with van der Waals surface area (Å²) in [7, 11) is 4.33. The van der Waals surface area contributed by atoms with Gasteiger partial charge in [-0.2, -0.15) is 0 Å². The summed E-state index contributed by atoms with van der Waals surface area (Å²) in [5.74, 6) is 0.705. The summed E-state index contributed by atoms with van der Waals surface area (Å²) in [6.45, 7) is 11.5. The molecule has 2 saturated heterocycles. The highest BCUT2D eigenvalue weighted by molar-refractivity contribution is 5.10. The summed E-state index contributed by atoms with van der Waals surface area (Å²) in [4.78, 5) is 7.71. The molecule has 0 aromatic carbocycles. The van der Waals surface area contributed by atoms with Crippen LogP contribution in [0.15, 0.2) is 0 Å². The zero-order chi connectivity index (χ0) is 14.8. The molecule has 118 valence electrons. The van der Waals surface area contributed by atoms with Gasteiger partial charge < -0.3 is 10.6 Å². The van der Waals surface area contributed by atoms with Gasteiger partial charge in [0.25, 0.3) is 0 Å². The van der Waals surface area contributed by atoms with E-state index in [1.54, 1.807) is 0 Å². The van der Waals surface area contributed by atoms with E-state index in [1.165, 1.54) is 38.9 Å². The number of hydrogen-bond acceptors (Lipinski definition) is 4. The van der Waals surface area contributed by atoms with Gasteiger partial charge in [-0.25, -0.2) is 0 Å². The number of likely N-dealkylation sites (N-methyl/N-ethyl adjacent to an activating group) is 1. The minimum absolute atomic E-state index is 0.233. The Balaban J connectivity index is 2.14. The van der Waals surface area contributed by atoms with Crippen LogP contribution in [0.4, 0.5) is 0 Å². The normalized spacial score (nSPS) is 30.9. The van der Waals surface area contributed by atoms with Gasteiger partial charge in [-0.15, -0.1) is 0 Å². The van der Waals surface area contributed by atoms with Crippen molar-refractivity contribution in [2.45, 2.75) is 44.7 Å². The number of nitrogens with zero attached hydrogens (tertiary/aromatic N) is 3. The molecule has 2 atom stereocenters. The van der Waals surface area contributed by atoms with E-state index in [2.05, 4.69) is 42.6 Å². The van der Waals surface area contributed by atoms with Crippen LogP contribution >= 0.6 is 0 Å². The molecule has 4 nitrogen and oxygen atoms in total. The van der Waals surface area contributed by atoms with Crippen LogP contribution in [0, 0.1) is 5.92 Å². The quantitative estimate of drug-likeness (QED) is 0.758. The predicted octanol–water partition coefficient (Wildman–Crippen LogP) is 1.07. The molecular formula is C16H34N4. The SMILES string of the molecule is CC(C)CN(CCN(C)C)C1(CN)CCN2CCCC21. The summed E-state index contributed by atoms with van der Waals surface area (Å²) in [6.07, 6.45) is 3.96. The molecule has 2 aliphatic rings. The molecule has 0 aromatic rings. The molecule has 4 heteroatoms. The molecule has 2 heterocycles. The summed E-state index contributed by atoms with van der Waals surface area (Å²) in [5.41, 5.74) is 6.56. The molecule has 0 radical (unpaired) electrons. The Bertz CT molecular complexity index is 305. The first-order valence-electron chi connectivity index (χ1n) is 8.33. The van der Waals surface area contributed by atoms with Gasteiger partial charge in [0.05, 0.1) is 0 Å². The minimum atomic E-state index is 0.233. The second-order valence-electron chi connectivity index (χ2n) is 7.39. The highest BCUT2D eigenvalue weighted by Crippen LogP contribution is 2.39. The van der Waals surface area contributed by atoms with Crippen molar-refractivity contribution in [2.75, 3.05) is 53.4 Å². The maximum absolute atomic E-state index is 6.33. The first-order chi connectivity index (χ1) is 9.49. The van der Waals surface area contributed by atoms with Crippen molar-refractivity contribution < 1.29 is 0 Å². The van der Waals surface area contributed by atoms with E-state index >= 15 is 0 Å². The summed E-state index contributed by atoms with van der Waals surface area (Å²) in [5, 5.41) is 0. The lowest BCUT2D eigenvalue weighted by atomic mass is 9.85. The number of fused-ring (bicyclic) bond motifs is 1. The van der Waals surface area contributed by atoms with Crippen molar-refractivity contribution in [1.29, 1.82) is 0 Å². The van der Waals surface area contributed by atoms with Gasteiger partial charge in [0.2, 0.25) is 0 Å². The molecule has 0 spiro atoms. The average Bonchev–Trinajstić information content (AvgIpc) is 2.96. The number of nitrogens with two attached hydrogens (primary N) is 1. The van der Waals surface area contributed by atoms with Crippen molar-refractivity contribution in [3.8, 4) is 0 Å². The lowest BCUT2D eigenvalue weighted by molar-refractivity contribution is 0.0488. The van der Waals surface area contributed by atoms with Gasteiger partial charge in [0, 0.05) is 44.3 Å². The van der Waals surface area contributed by atoms with Gasteiger partial charge >= 0.3 is 0 Å². The second-order valence-corrected chi connectivity index (χ2v) is 7.39. The van der Waals surface area contributed by atoms with E-state index in [1.807, 2.05) is 0 Å². The fourth-order valence-electron chi connectivity index (χ4n) is 4.20. The van der Waals surface area contributed by atoms with Gasteiger partial charge in [-0.3, -0.25) is 9.80 Å². The molecule has 0 aromatic heterocycles. The molecule has 2 rings (SSSR count). The molecule has 20 heavy (non-hydrogen) atoms. The van der Waals surface area contributed by atoms with Crippen LogP contribution in [0.1, 0.15) is 33.1 Å². The topological polar surface area (TPSA) is 35.7 Å². The molecule has 0 bridgehead atoms. The Labute approximate surface area is 125 Å². The van der Waals surface area contributed by atoms with Crippen molar-refractivity contribution in [1.82, 2.24) is 14.7 Å². The van der Waals surface area contributed by atoms with Crippen molar-refractivity contribution in [2.24, 2.45) is 11.7 Å². The smallest absolute Gasteiger partial charge is 0.0499 e. The van der Waals surface area contributed by atoms with Crippen LogP contribution in [-0.4, -0.2) is 79.6 Å². The lowest BCUT2D eigenvalue weighted by Crippen LogP contribution is -2.61. The van der Waals surface area contributed by atoms with Crippen LogP contribution in [0.25, 0.3) is 0 Å².